The highest BCUT2D eigenvalue weighted by atomic mass is 35.5. The Balaban J connectivity index is 1.61. The number of carbonyl (C=O) groups is 3. The van der Waals surface area contributed by atoms with E-state index in [0.29, 0.717) is 23.6 Å². The highest BCUT2D eigenvalue weighted by Crippen LogP contribution is 2.09. The minimum Gasteiger partial charge on any atom is -0.352 e. The van der Waals surface area contributed by atoms with Crippen molar-refractivity contribution in [2.24, 2.45) is 0 Å². The fourth-order valence-electron chi connectivity index (χ4n) is 2.37. The largest absolute Gasteiger partial charge is 0.352 e. The maximum absolute atomic E-state index is 11.9. The van der Waals surface area contributed by atoms with Crippen molar-refractivity contribution in [2.75, 3.05) is 6.54 Å². The molecule has 0 saturated heterocycles. The van der Waals surface area contributed by atoms with Gasteiger partial charge in [0.25, 0.3) is 11.8 Å². The maximum Gasteiger partial charge on any atom is 0.260 e. The van der Waals surface area contributed by atoms with E-state index < -0.39 is 0 Å². The molecule has 0 aliphatic rings. The summed E-state index contributed by atoms with van der Waals surface area (Å²) in [7, 11) is 0. The molecule has 2 aromatic rings. The second-order valence-corrected chi connectivity index (χ2v) is 6.48. The van der Waals surface area contributed by atoms with E-state index in [4.69, 9.17) is 11.6 Å². The molecule has 0 saturated carbocycles. The molecular weight excluding hydrogens is 370 g/mol. The Morgan fingerprint density at radius 1 is 1.07 bits per heavy atom. The molecule has 9 heteroatoms. The van der Waals surface area contributed by atoms with Crippen molar-refractivity contribution in [3.8, 4) is 0 Å². The molecule has 0 unspecified atom stereocenters. The van der Waals surface area contributed by atoms with Crippen LogP contribution >= 0.6 is 11.6 Å². The normalized spacial score (nSPS) is 10.3. The first-order chi connectivity index (χ1) is 12.8. The Morgan fingerprint density at radius 2 is 1.74 bits per heavy atom. The SMILES string of the molecule is Cc1cc(C)n(CC(=O)NNC(=O)CCCNC(=O)c2ccc(Cl)cc2)n1. The lowest BCUT2D eigenvalue weighted by Gasteiger charge is -2.09. The van der Waals surface area contributed by atoms with Gasteiger partial charge in [-0.25, -0.2) is 0 Å². The van der Waals surface area contributed by atoms with Crippen LogP contribution in [0.15, 0.2) is 30.3 Å². The molecule has 27 heavy (non-hydrogen) atoms. The van der Waals surface area contributed by atoms with Gasteiger partial charge in [0.05, 0.1) is 5.69 Å². The topological polar surface area (TPSA) is 105 Å². The van der Waals surface area contributed by atoms with Crippen LogP contribution in [-0.4, -0.2) is 34.0 Å². The lowest BCUT2D eigenvalue weighted by Crippen LogP contribution is -2.43. The minimum absolute atomic E-state index is 0.0249. The fraction of sp³-hybridized carbons (Fsp3) is 0.333. The number of nitrogens with one attached hydrogen (secondary N) is 3. The molecule has 1 heterocycles. The number of carbonyl (C=O) groups excluding carboxylic acids is 3. The molecule has 2 rings (SSSR count). The zero-order valence-electron chi connectivity index (χ0n) is 15.2. The van der Waals surface area contributed by atoms with E-state index in [9.17, 15) is 14.4 Å². The van der Waals surface area contributed by atoms with Crippen molar-refractivity contribution in [1.29, 1.82) is 0 Å². The van der Waals surface area contributed by atoms with Gasteiger partial charge in [-0.2, -0.15) is 5.10 Å². The molecule has 0 spiro atoms. The third kappa shape index (κ3) is 6.74. The molecule has 8 nitrogen and oxygen atoms in total. The molecule has 0 atom stereocenters. The lowest BCUT2D eigenvalue weighted by atomic mass is 10.2. The Labute approximate surface area is 162 Å². The van der Waals surface area contributed by atoms with E-state index in [1.807, 2.05) is 19.9 Å². The van der Waals surface area contributed by atoms with E-state index in [1.54, 1.807) is 28.9 Å². The molecule has 0 aliphatic carbocycles. The van der Waals surface area contributed by atoms with Crippen molar-refractivity contribution in [2.45, 2.75) is 33.2 Å². The van der Waals surface area contributed by atoms with E-state index in [-0.39, 0.29) is 30.7 Å². The van der Waals surface area contributed by atoms with E-state index in [0.717, 1.165) is 11.4 Å². The molecule has 0 fully saturated rings. The molecule has 0 bridgehead atoms. The minimum atomic E-state index is -0.370. The number of amides is 3. The van der Waals surface area contributed by atoms with Crippen molar-refractivity contribution in [1.82, 2.24) is 25.9 Å². The molecule has 0 aliphatic heterocycles. The van der Waals surface area contributed by atoms with Gasteiger partial charge in [0.2, 0.25) is 5.91 Å². The predicted octanol–water partition coefficient (Wildman–Crippen LogP) is 1.51. The number of halogens is 1. The van der Waals surface area contributed by atoms with Gasteiger partial charge in [-0.1, -0.05) is 11.6 Å². The molecule has 3 N–H and O–H groups in total. The maximum atomic E-state index is 11.9. The number of nitrogens with zero attached hydrogens (tertiary/aromatic N) is 2. The van der Waals surface area contributed by atoms with Gasteiger partial charge in [0, 0.05) is 29.2 Å². The molecule has 1 aromatic heterocycles. The summed E-state index contributed by atoms with van der Waals surface area (Å²) in [6.45, 7) is 4.06. The predicted molar refractivity (Wildman–Crippen MR) is 101 cm³/mol. The smallest absolute Gasteiger partial charge is 0.260 e. The van der Waals surface area contributed by atoms with Gasteiger partial charge in [-0.3, -0.25) is 29.9 Å². The summed E-state index contributed by atoms with van der Waals surface area (Å²) in [5.41, 5.74) is 6.89. The summed E-state index contributed by atoms with van der Waals surface area (Å²) in [6.07, 6.45) is 0.611. The van der Waals surface area contributed by atoms with E-state index in [2.05, 4.69) is 21.3 Å². The standard InChI is InChI=1S/C18H22ClN5O3/c1-12-10-13(2)24(23-12)11-17(26)22-21-16(25)4-3-9-20-18(27)14-5-7-15(19)8-6-14/h5-8,10H,3-4,9,11H2,1-2H3,(H,20,27)(H,21,25)(H,22,26). The van der Waals surface area contributed by atoms with Gasteiger partial charge >= 0.3 is 0 Å². The molecule has 3 amide bonds. The van der Waals surface area contributed by atoms with Gasteiger partial charge < -0.3 is 5.32 Å². The molecular formula is C18H22ClN5O3. The first-order valence-corrected chi connectivity index (χ1v) is 8.85. The van der Waals surface area contributed by atoms with Crippen LogP contribution in [0.1, 0.15) is 34.6 Å². The number of aryl methyl sites for hydroxylation is 2. The van der Waals surface area contributed by atoms with Gasteiger partial charge in [-0.15, -0.1) is 0 Å². The van der Waals surface area contributed by atoms with Gasteiger partial charge in [0.1, 0.15) is 6.54 Å². The van der Waals surface area contributed by atoms with Crippen molar-refractivity contribution in [3.63, 3.8) is 0 Å². The Kier molecular flexibility index (Phi) is 7.36. The number of rotatable bonds is 7. The zero-order valence-corrected chi connectivity index (χ0v) is 16.0. The number of hydrazine groups is 1. The van der Waals surface area contributed by atoms with Crippen LogP contribution in [0.25, 0.3) is 0 Å². The highest BCUT2D eigenvalue weighted by molar-refractivity contribution is 6.30. The van der Waals surface area contributed by atoms with Crippen LogP contribution in [-0.2, 0) is 16.1 Å². The first kappa shape index (κ1) is 20.4. The fourth-order valence-corrected chi connectivity index (χ4v) is 2.49. The van der Waals surface area contributed by atoms with Crippen molar-refractivity contribution < 1.29 is 14.4 Å². The average Bonchev–Trinajstić information content (AvgIpc) is 2.94. The van der Waals surface area contributed by atoms with Gasteiger partial charge in [-0.05, 0) is 50.6 Å². The van der Waals surface area contributed by atoms with Crippen LogP contribution in [0.4, 0.5) is 0 Å². The molecule has 1 aromatic carbocycles. The summed E-state index contributed by atoms with van der Waals surface area (Å²) in [4.78, 5) is 35.5. The number of aromatic nitrogens is 2. The van der Waals surface area contributed by atoms with E-state index in [1.165, 1.54) is 0 Å². The lowest BCUT2D eigenvalue weighted by molar-refractivity contribution is -0.129. The summed E-state index contributed by atoms with van der Waals surface area (Å²) in [5.74, 6) is -0.937. The number of hydrogen-bond acceptors (Lipinski definition) is 4. The number of hydrogen-bond donors (Lipinski definition) is 3. The Morgan fingerprint density at radius 3 is 2.37 bits per heavy atom. The van der Waals surface area contributed by atoms with Crippen molar-refractivity contribution in [3.05, 3.63) is 52.3 Å². The summed E-state index contributed by atoms with van der Waals surface area (Å²) in [6, 6.07) is 8.40. The Hall–Kier alpha value is -2.87. The summed E-state index contributed by atoms with van der Waals surface area (Å²) >= 11 is 5.77. The average molecular weight is 392 g/mol. The number of benzene rings is 1. The van der Waals surface area contributed by atoms with E-state index >= 15 is 0 Å². The van der Waals surface area contributed by atoms with Gasteiger partial charge in [0.15, 0.2) is 0 Å². The van der Waals surface area contributed by atoms with Crippen LogP contribution in [0.2, 0.25) is 5.02 Å². The second kappa shape index (κ2) is 9.72. The van der Waals surface area contributed by atoms with Crippen LogP contribution < -0.4 is 16.2 Å². The third-order valence-electron chi connectivity index (χ3n) is 3.71. The zero-order chi connectivity index (χ0) is 19.8. The molecule has 0 radical (unpaired) electrons. The quantitative estimate of drug-likeness (QED) is 0.491. The summed E-state index contributed by atoms with van der Waals surface area (Å²) in [5, 5.41) is 7.46. The first-order valence-electron chi connectivity index (χ1n) is 8.47. The Bertz CT molecular complexity index is 817. The second-order valence-electron chi connectivity index (χ2n) is 6.05. The van der Waals surface area contributed by atoms with Crippen molar-refractivity contribution >= 4 is 29.3 Å². The monoisotopic (exact) mass is 391 g/mol. The third-order valence-corrected chi connectivity index (χ3v) is 3.96. The summed E-state index contributed by atoms with van der Waals surface area (Å²) < 4.78 is 1.56. The van der Waals surface area contributed by atoms with Crippen LogP contribution in [0, 0.1) is 13.8 Å². The van der Waals surface area contributed by atoms with Crippen LogP contribution in [0.3, 0.4) is 0 Å². The highest BCUT2D eigenvalue weighted by Gasteiger charge is 2.09. The molecule has 144 valence electrons. The van der Waals surface area contributed by atoms with Crippen LogP contribution in [0.5, 0.6) is 0 Å².